The van der Waals surface area contributed by atoms with Crippen LogP contribution in [0.15, 0.2) is 60.5 Å². The van der Waals surface area contributed by atoms with Crippen molar-refractivity contribution in [3.8, 4) is 0 Å². The minimum atomic E-state index is -0.279. The molecular formula is C18H18N2O3S. The summed E-state index contributed by atoms with van der Waals surface area (Å²) in [6.07, 6.45) is 8.26. The Morgan fingerprint density at radius 2 is 1.88 bits per heavy atom. The number of nitrogens with zero attached hydrogens (tertiary/aromatic N) is 2. The van der Waals surface area contributed by atoms with Crippen LogP contribution in [-0.4, -0.2) is 28.9 Å². The van der Waals surface area contributed by atoms with E-state index >= 15 is 0 Å². The SMILES string of the molecule is CC(=O)N(C=CC=CC=C1OC(=S)N(C)C1=O)c1ccc(C)cc1. The predicted molar refractivity (Wildman–Crippen MR) is 97.2 cm³/mol. The fourth-order valence-electron chi connectivity index (χ4n) is 1.98. The molecule has 1 aliphatic heterocycles. The number of ether oxygens (including phenoxy) is 1. The van der Waals surface area contributed by atoms with Gasteiger partial charge < -0.3 is 4.74 Å². The number of carbonyl (C=O) groups excluding carboxylic acids is 2. The van der Waals surface area contributed by atoms with Crippen molar-refractivity contribution in [2.45, 2.75) is 13.8 Å². The quantitative estimate of drug-likeness (QED) is 0.479. The molecule has 124 valence electrons. The number of benzene rings is 1. The van der Waals surface area contributed by atoms with Gasteiger partial charge in [-0.2, -0.15) is 0 Å². The summed E-state index contributed by atoms with van der Waals surface area (Å²) in [5.41, 5.74) is 1.92. The summed E-state index contributed by atoms with van der Waals surface area (Å²) in [7, 11) is 1.56. The van der Waals surface area contributed by atoms with Gasteiger partial charge in [0.05, 0.1) is 0 Å². The molecule has 0 bridgehead atoms. The second kappa shape index (κ2) is 7.70. The maximum Gasteiger partial charge on any atom is 0.296 e. The third kappa shape index (κ3) is 4.17. The highest BCUT2D eigenvalue weighted by Crippen LogP contribution is 2.16. The molecule has 0 spiro atoms. The first-order valence-electron chi connectivity index (χ1n) is 7.31. The zero-order valence-electron chi connectivity index (χ0n) is 13.7. The molecule has 0 N–H and O–H groups in total. The Labute approximate surface area is 146 Å². The highest BCUT2D eigenvalue weighted by molar-refractivity contribution is 7.80. The molecule has 5 nitrogen and oxygen atoms in total. The standard InChI is InChI=1S/C18H18N2O3S/c1-13-8-10-15(11-9-13)20(14(2)21)12-6-4-5-7-16-17(22)19(3)18(24)23-16/h4-12H,1-3H3. The first-order chi connectivity index (χ1) is 11.4. The van der Waals surface area contributed by atoms with Crippen molar-refractivity contribution in [1.82, 2.24) is 4.90 Å². The van der Waals surface area contributed by atoms with Crippen LogP contribution in [0, 0.1) is 6.92 Å². The summed E-state index contributed by atoms with van der Waals surface area (Å²) in [5, 5.41) is 0.136. The zero-order valence-corrected chi connectivity index (χ0v) is 14.5. The van der Waals surface area contributed by atoms with Crippen LogP contribution in [0.3, 0.4) is 0 Å². The van der Waals surface area contributed by atoms with E-state index in [2.05, 4.69) is 0 Å². The van der Waals surface area contributed by atoms with Crippen LogP contribution < -0.4 is 4.90 Å². The number of hydrogen-bond acceptors (Lipinski definition) is 4. The van der Waals surface area contributed by atoms with Gasteiger partial charge in [0, 0.05) is 25.9 Å². The molecule has 0 unspecified atom stereocenters. The summed E-state index contributed by atoms with van der Waals surface area (Å²) < 4.78 is 5.16. The lowest BCUT2D eigenvalue weighted by atomic mass is 10.2. The van der Waals surface area contributed by atoms with Crippen LogP contribution in [0.25, 0.3) is 0 Å². The lowest BCUT2D eigenvalue weighted by molar-refractivity contribution is -0.122. The molecule has 0 aliphatic carbocycles. The molecule has 0 aromatic heterocycles. The highest BCUT2D eigenvalue weighted by Gasteiger charge is 2.29. The van der Waals surface area contributed by atoms with E-state index in [1.54, 1.807) is 31.5 Å². The minimum Gasteiger partial charge on any atom is -0.426 e. The average molecular weight is 342 g/mol. The normalized spacial score (nSPS) is 16.5. The summed E-state index contributed by atoms with van der Waals surface area (Å²) in [5.74, 6) is -0.198. The van der Waals surface area contributed by atoms with E-state index in [0.717, 1.165) is 11.3 Å². The lowest BCUT2D eigenvalue weighted by Gasteiger charge is -2.16. The number of carbonyl (C=O) groups is 2. The molecule has 2 amide bonds. The molecule has 1 aromatic rings. The minimum absolute atomic E-state index is 0.0943. The van der Waals surface area contributed by atoms with E-state index in [1.165, 1.54) is 22.8 Å². The molecule has 1 aromatic carbocycles. The maximum absolute atomic E-state index is 11.8. The number of hydrogen-bond donors (Lipinski definition) is 0. The Hall–Kier alpha value is -2.73. The van der Waals surface area contributed by atoms with Gasteiger partial charge in [-0.05, 0) is 43.4 Å². The number of thiocarbonyl (C=S) groups is 1. The van der Waals surface area contributed by atoms with Gasteiger partial charge in [0.25, 0.3) is 11.1 Å². The van der Waals surface area contributed by atoms with Gasteiger partial charge in [0.2, 0.25) is 5.91 Å². The van der Waals surface area contributed by atoms with Crippen molar-refractivity contribution < 1.29 is 14.3 Å². The molecule has 1 heterocycles. The van der Waals surface area contributed by atoms with Gasteiger partial charge in [0.15, 0.2) is 5.76 Å². The number of anilines is 1. The van der Waals surface area contributed by atoms with Crippen molar-refractivity contribution in [3.05, 3.63) is 66.1 Å². The Kier molecular flexibility index (Phi) is 5.65. The van der Waals surface area contributed by atoms with Gasteiger partial charge in [-0.15, -0.1) is 0 Å². The monoisotopic (exact) mass is 342 g/mol. The third-order valence-electron chi connectivity index (χ3n) is 3.34. The van der Waals surface area contributed by atoms with Crippen LogP contribution in [0.5, 0.6) is 0 Å². The highest BCUT2D eigenvalue weighted by atomic mass is 32.1. The van der Waals surface area contributed by atoms with E-state index in [4.69, 9.17) is 17.0 Å². The largest absolute Gasteiger partial charge is 0.426 e. The fraction of sp³-hybridized carbons (Fsp3) is 0.167. The van der Waals surface area contributed by atoms with Gasteiger partial charge in [0.1, 0.15) is 0 Å². The second-order valence-corrected chi connectivity index (χ2v) is 5.56. The molecule has 1 aliphatic rings. The van der Waals surface area contributed by atoms with Crippen LogP contribution in [0.2, 0.25) is 0 Å². The van der Waals surface area contributed by atoms with Crippen LogP contribution in [-0.2, 0) is 14.3 Å². The Morgan fingerprint density at radius 3 is 2.42 bits per heavy atom. The van der Waals surface area contributed by atoms with E-state index in [0.29, 0.717) is 0 Å². The third-order valence-corrected chi connectivity index (χ3v) is 3.70. The van der Waals surface area contributed by atoms with Crippen LogP contribution in [0.1, 0.15) is 12.5 Å². The first kappa shape index (κ1) is 17.6. The molecular weight excluding hydrogens is 324 g/mol. The molecule has 0 atom stereocenters. The van der Waals surface area contributed by atoms with E-state index in [1.807, 2.05) is 31.2 Å². The maximum atomic E-state index is 11.8. The van der Waals surface area contributed by atoms with Gasteiger partial charge in [-0.25, -0.2) is 0 Å². The Balaban J connectivity index is 2.05. The first-order valence-corrected chi connectivity index (χ1v) is 7.72. The van der Waals surface area contributed by atoms with Crippen molar-refractivity contribution in [1.29, 1.82) is 0 Å². The van der Waals surface area contributed by atoms with Gasteiger partial charge >= 0.3 is 0 Å². The number of rotatable bonds is 4. The summed E-state index contributed by atoms with van der Waals surface area (Å²) in [6, 6.07) is 7.66. The van der Waals surface area contributed by atoms with Crippen molar-refractivity contribution in [2.75, 3.05) is 11.9 Å². The van der Waals surface area contributed by atoms with Crippen LogP contribution in [0.4, 0.5) is 5.69 Å². The molecule has 24 heavy (non-hydrogen) atoms. The smallest absolute Gasteiger partial charge is 0.296 e. The lowest BCUT2D eigenvalue weighted by Crippen LogP contribution is -2.22. The second-order valence-electron chi connectivity index (χ2n) is 5.21. The number of likely N-dealkylation sites (N-methyl/N-ethyl adjacent to an activating group) is 1. The Bertz CT molecular complexity index is 748. The number of allylic oxidation sites excluding steroid dienone is 4. The zero-order chi connectivity index (χ0) is 17.7. The average Bonchev–Trinajstić information content (AvgIpc) is 2.79. The van der Waals surface area contributed by atoms with Crippen molar-refractivity contribution >= 4 is 34.9 Å². The van der Waals surface area contributed by atoms with Crippen molar-refractivity contribution in [3.63, 3.8) is 0 Å². The fourth-order valence-corrected chi connectivity index (χ4v) is 2.15. The van der Waals surface area contributed by atoms with Crippen LogP contribution >= 0.6 is 12.2 Å². The predicted octanol–water partition coefficient (Wildman–Crippen LogP) is 3.08. The molecule has 0 saturated carbocycles. The topological polar surface area (TPSA) is 49.9 Å². The molecule has 0 radical (unpaired) electrons. The van der Waals surface area contributed by atoms with Gasteiger partial charge in [-0.3, -0.25) is 19.4 Å². The Morgan fingerprint density at radius 1 is 1.21 bits per heavy atom. The summed E-state index contributed by atoms with van der Waals surface area (Å²) in [4.78, 5) is 26.3. The summed E-state index contributed by atoms with van der Waals surface area (Å²) >= 11 is 4.88. The molecule has 2 rings (SSSR count). The van der Waals surface area contributed by atoms with E-state index < -0.39 is 0 Å². The van der Waals surface area contributed by atoms with Crippen molar-refractivity contribution in [2.24, 2.45) is 0 Å². The number of aryl methyl sites for hydroxylation is 1. The molecule has 1 saturated heterocycles. The summed E-state index contributed by atoms with van der Waals surface area (Å²) in [6.45, 7) is 3.49. The molecule has 1 fully saturated rings. The van der Waals surface area contributed by atoms with Gasteiger partial charge in [-0.1, -0.05) is 29.8 Å². The number of amides is 2. The van der Waals surface area contributed by atoms with E-state index in [-0.39, 0.29) is 22.7 Å². The van der Waals surface area contributed by atoms with E-state index in [9.17, 15) is 9.59 Å². The molecule has 6 heteroatoms.